The van der Waals surface area contributed by atoms with Crippen LogP contribution in [-0.4, -0.2) is 11.1 Å². The van der Waals surface area contributed by atoms with Gasteiger partial charge in [0.2, 0.25) is 0 Å². The number of anilines is 1. The molecule has 0 aromatic heterocycles. The molecule has 1 aromatic rings. The van der Waals surface area contributed by atoms with E-state index in [2.05, 4.69) is 19.2 Å². The van der Waals surface area contributed by atoms with Gasteiger partial charge < -0.3 is 10.4 Å². The number of halogens is 2. The topological polar surface area (TPSA) is 32.3 Å². The summed E-state index contributed by atoms with van der Waals surface area (Å²) < 4.78 is 0. The first-order valence-electron chi connectivity index (χ1n) is 4.49. The molecule has 4 heteroatoms. The Morgan fingerprint density at radius 2 is 1.86 bits per heavy atom. The van der Waals surface area contributed by atoms with Crippen molar-refractivity contribution in [1.29, 1.82) is 0 Å². The predicted molar refractivity (Wildman–Crippen MR) is 61.5 cm³/mol. The number of aromatic hydroxyl groups is 1. The Balaban J connectivity index is 2.89. The molecule has 14 heavy (non-hydrogen) atoms. The highest BCUT2D eigenvalue weighted by atomic mass is 35.5. The Morgan fingerprint density at radius 1 is 1.36 bits per heavy atom. The fourth-order valence-corrected chi connectivity index (χ4v) is 1.52. The van der Waals surface area contributed by atoms with Gasteiger partial charge in [0.1, 0.15) is 0 Å². The third kappa shape index (κ3) is 2.69. The van der Waals surface area contributed by atoms with Gasteiger partial charge in [-0.25, -0.2) is 0 Å². The molecule has 0 heterocycles. The molecule has 0 saturated heterocycles. The predicted octanol–water partition coefficient (Wildman–Crippen LogP) is 3.91. The summed E-state index contributed by atoms with van der Waals surface area (Å²) in [4.78, 5) is 0. The number of nitrogens with one attached hydrogen (secondary N) is 1. The number of hydrogen-bond donors (Lipinski definition) is 2. The lowest BCUT2D eigenvalue weighted by molar-refractivity contribution is 0.476. The molecule has 0 saturated carbocycles. The third-order valence-corrected chi connectivity index (χ3v) is 2.62. The second-order valence-corrected chi connectivity index (χ2v) is 4.06. The van der Waals surface area contributed by atoms with Crippen molar-refractivity contribution in [2.75, 3.05) is 5.32 Å². The first kappa shape index (κ1) is 11.5. The molecule has 2 nitrogen and oxygen atoms in total. The van der Waals surface area contributed by atoms with E-state index in [4.69, 9.17) is 23.2 Å². The van der Waals surface area contributed by atoms with Gasteiger partial charge in [-0.05, 0) is 25.5 Å². The summed E-state index contributed by atoms with van der Waals surface area (Å²) in [5.41, 5.74) is 0.826. The first-order valence-corrected chi connectivity index (χ1v) is 5.24. The smallest absolute Gasteiger partial charge is 0.152 e. The first-order chi connectivity index (χ1) is 6.54. The van der Waals surface area contributed by atoms with E-state index in [0.717, 1.165) is 12.1 Å². The molecule has 0 aliphatic carbocycles. The molecule has 1 atom stereocenters. The van der Waals surface area contributed by atoms with Crippen molar-refractivity contribution in [3.8, 4) is 5.75 Å². The van der Waals surface area contributed by atoms with Crippen LogP contribution in [0.2, 0.25) is 10.0 Å². The Hall–Kier alpha value is -0.600. The van der Waals surface area contributed by atoms with Crippen LogP contribution in [-0.2, 0) is 0 Å². The van der Waals surface area contributed by atoms with Crippen LogP contribution in [0, 0.1) is 0 Å². The summed E-state index contributed by atoms with van der Waals surface area (Å²) in [6.45, 7) is 4.15. The molecule has 0 aliphatic rings. The van der Waals surface area contributed by atoms with E-state index in [1.54, 1.807) is 12.1 Å². The van der Waals surface area contributed by atoms with E-state index >= 15 is 0 Å². The zero-order valence-corrected chi connectivity index (χ0v) is 9.65. The van der Waals surface area contributed by atoms with Crippen LogP contribution >= 0.6 is 23.2 Å². The van der Waals surface area contributed by atoms with Gasteiger partial charge in [0.15, 0.2) is 5.75 Å². The van der Waals surface area contributed by atoms with Gasteiger partial charge >= 0.3 is 0 Å². The largest absolute Gasteiger partial charge is 0.505 e. The van der Waals surface area contributed by atoms with Crippen LogP contribution < -0.4 is 5.32 Å². The normalized spacial score (nSPS) is 12.6. The summed E-state index contributed by atoms with van der Waals surface area (Å²) in [5.74, 6) is -0.0666. The molecule has 0 aliphatic heterocycles. The number of hydrogen-bond acceptors (Lipinski definition) is 2. The lowest BCUT2D eigenvalue weighted by Crippen LogP contribution is -2.13. The molecule has 0 fully saturated rings. The molecular formula is C10H13Cl2NO. The Morgan fingerprint density at radius 3 is 2.29 bits per heavy atom. The fraction of sp³-hybridized carbons (Fsp3) is 0.400. The fourth-order valence-electron chi connectivity index (χ4n) is 1.04. The van der Waals surface area contributed by atoms with Gasteiger partial charge in [-0.3, -0.25) is 0 Å². The second-order valence-electron chi connectivity index (χ2n) is 3.24. The minimum Gasteiger partial charge on any atom is -0.505 e. The molecular weight excluding hydrogens is 221 g/mol. The zero-order chi connectivity index (χ0) is 10.7. The van der Waals surface area contributed by atoms with Crippen molar-refractivity contribution in [1.82, 2.24) is 0 Å². The van der Waals surface area contributed by atoms with Crippen LogP contribution in [0.5, 0.6) is 5.75 Å². The van der Waals surface area contributed by atoms with Crippen LogP contribution in [0.15, 0.2) is 12.1 Å². The van der Waals surface area contributed by atoms with Gasteiger partial charge in [0, 0.05) is 11.7 Å². The number of phenolic OH excluding ortho intramolecular Hbond substituents is 1. The minimum atomic E-state index is -0.0666. The molecule has 1 aromatic carbocycles. The van der Waals surface area contributed by atoms with E-state index in [9.17, 15) is 5.11 Å². The van der Waals surface area contributed by atoms with E-state index in [1.807, 2.05) is 0 Å². The molecule has 78 valence electrons. The van der Waals surface area contributed by atoms with Gasteiger partial charge in [-0.15, -0.1) is 0 Å². The number of benzene rings is 1. The molecule has 1 unspecified atom stereocenters. The van der Waals surface area contributed by atoms with Gasteiger partial charge in [-0.1, -0.05) is 30.1 Å². The third-order valence-electron chi connectivity index (χ3n) is 2.04. The number of phenols is 1. The lowest BCUT2D eigenvalue weighted by atomic mass is 10.2. The quantitative estimate of drug-likeness (QED) is 0.777. The molecule has 0 bridgehead atoms. The van der Waals surface area contributed by atoms with Gasteiger partial charge in [0.05, 0.1) is 10.0 Å². The average molecular weight is 234 g/mol. The zero-order valence-electron chi connectivity index (χ0n) is 8.14. The molecule has 0 amide bonds. The van der Waals surface area contributed by atoms with Crippen molar-refractivity contribution in [2.45, 2.75) is 26.3 Å². The average Bonchev–Trinajstić information content (AvgIpc) is 2.14. The maximum Gasteiger partial charge on any atom is 0.152 e. The van der Waals surface area contributed by atoms with Gasteiger partial charge in [-0.2, -0.15) is 0 Å². The van der Waals surface area contributed by atoms with E-state index in [0.29, 0.717) is 6.04 Å². The van der Waals surface area contributed by atoms with E-state index in [-0.39, 0.29) is 15.8 Å². The highest BCUT2D eigenvalue weighted by Crippen LogP contribution is 2.34. The van der Waals surface area contributed by atoms with E-state index < -0.39 is 0 Å². The molecule has 0 radical (unpaired) electrons. The highest BCUT2D eigenvalue weighted by molar-refractivity contribution is 6.37. The molecule has 1 rings (SSSR count). The van der Waals surface area contributed by atoms with Crippen molar-refractivity contribution in [2.24, 2.45) is 0 Å². The lowest BCUT2D eigenvalue weighted by Gasteiger charge is -2.14. The summed E-state index contributed by atoms with van der Waals surface area (Å²) in [6.07, 6.45) is 1.01. The Bertz CT molecular complexity index is 305. The van der Waals surface area contributed by atoms with Crippen LogP contribution in [0.25, 0.3) is 0 Å². The van der Waals surface area contributed by atoms with Crippen molar-refractivity contribution >= 4 is 28.9 Å². The highest BCUT2D eigenvalue weighted by Gasteiger charge is 2.07. The van der Waals surface area contributed by atoms with Crippen LogP contribution in [0.1, 0.15) is 20.3 Å². The molecule has 0 spiro atoms. The van der Waals surface area contributed by atoms with E-state index in [1.165, 1.54) is 0 Å². The van der Waals surface area contributed by atoms with Crippen molar-refractivity contribution < 1.29 is 5.11 Å². The minimum absolute atomic E-state index is 0.0666. The summed E-state index contributed by atoms with van der Waals surface area (Å²) in [7, 11) is 0. The van der Waals surface area contributed by atoms with Crippen molar-refractivity contribution in [3.05, 3.63) is 22.2 Å². The SMILES string of the molecule is CCC(C)Nc1cc(Cl)c(O)c(Cl)c1. The monoisotopic (exact) mass is 233 g/mol. The second kappa shape index (κ2) is 4.76. The summed E-state index contributed by atoms with van der Waals surface area (Å²) >= 11 is 11.5. The summed E-state index contributed by atoms with van der Waals surface area (Å²) in [5, 5.41) is 13.1. The summed E-state index contributed by atoms with van der Waals surface area (Å²) in [6, 6.07) is 3.68. The van der Waals surface area contributed by atoms with Crippen molar-refractivity contribution in [3.63, 3.8) is 0 Å². The maximum absolute atomic E-state index is 9.33. The van der Waals surface area contributed by atoms with Gasteiger partial charge in [0.25, 0.3) is 0 Å². The maximum atomic E-state index is 9.33. The van der Waals surface area contributed by atoms with Crippen LogP contribution in [0.3, 0.4) is 0 Å². The Kier molecular flexibility index (Phi) is 3.90. The number of rotatable bonds is 3. The van der Waals surface area contributed by atoms with Crippen LogP contribution in [0.4, 0.5) is 5.69 Å². The standard InChI is InChI=1S/C10H13Cl2NO/c1-3-6(2)13-7-4-8(11)10(14)9(12)5-7/h4-6,13-14H,3H2,1-2H3. The Labute approximate surface area is 93.8 Å². The molecule has 2 N–H and O–H groups in total.